The van der Waals surface area contributed by atoms with Crippen molar-refractivity contribution in [2.45, 2.75) is 51.4 Å². The van der Waals surface area contributed by atoms with Gasteiger partial charge in [0.05, 0.1) is 5.60 Å². The summed E-state index contributed by atoms with van der Waals surface area (Å²) in [7, 11) is 0. The number of pyridine rings is 1. The Morgan fingerprint density at radius 1 is 1.14 bits per heavy atom. The molecule has 0 unspecified atom stereocenters. The van der Waals surface area contributed by atoms with Crippen LogP contribution in [-0.4, -0.2) is 61.6 Å². The summed E-state index contributed by atoms with van der Waals surface area (Å²) < 4.78 is 44.5. The van der Waals surface area contributed by atoms with Gasteiger partial charge in [0, 0.05) is 42.5 Å². The van der Waals surface area contributed by atoms with Gasteiger partial charge in [0.1, 0.15) is 12.1 Å². The maximum atomic E-state index is 12.8. The van der Waals surface area contributed by atoms with Crippen molar-refractivity contribution in [3.05, 3.63) is 35.8 Å². The number of piperidine rings is 1. The van der Waals surface area contributed by atoms with Gasteiger partial charge in [-0.1, -0.05) is 0 Å². The third kappa shape index (κ3) is 4.84. The fourth-order valence-electron chi connectivity index (χ4n) is 5.15. The molecule has 1 aliphatic carbocycles. The van der Waals surface area contributed by atoms with E-state index in [4.69, 9.17) is 4.74 Å². The van der Waals surface area contributed by atoms with Gasteiger partial charge in [-0.15, -0.1) is 5.10 Å². The molecule has 12 heteroatoms. The van der Waals surface area contributed by atoms with Crippen LogP contribution in [0, 0.1) is 18.8 Å². The molecule has 3 atom stereocenters. The molecular weight excluding hydrogens is 463 g/mol. The predicted octanol–water partition coefficient (Wildman–Crippen LogP) is 3.32. The molecule has 4 heterocycles. The summed E-state index contributed by atoms with van der Waals surface area (Å²) in [6, 6.07) is 5.00. The number of fused-ring (bicyclic) bond motifs is 3. The van der Waals surface area contributed by atoms with Crippen molar-refractivity contribution in [2.24, 2.45) is 11.8 Å². The lowest BCUT2D eigenvalue weighted by molar-refractivity contribution is -0.154. The summed E-state index contributed by atoms with van der Waals surface area (Å²) in [5, 5.41) is 18.4. The Balaban J connectivity index is 1.40. The van der Waals surface area contributed by atoms with Crippen molar-refractivity contribution in [3.8, 4) is 5.88 Å². The number of hydrogen-bond donors (Lipinski definition) is 2. The fraction of sp³-hybridized carbons (Fsp3) is 0.565. The van der Waals surface area contributed by atoms with E-state index in [9.17, 15) is 18.3 Å². The molecular formula is C23H28F3N7O2. The van der Waals surface area contributed by atoms with E-state index < -0.39 is 18.4 Å². The van der Waals surface area contributed by atoms with Gasteiger partial charge in [0.2, 0.25) is 11.8 Å². The van der Waals surface area contributed by atoms with Crippen molar-refractivity contribution in [1.82, 2.24) is 24.6 Å². The molecule has 1 saturated carbocycles. The van der Waals surface area contributed by atoms with Gasteiger partial charge in [-0.3, -0.25) is 0 Å². The number of nitrogens with one attached hydrogen (secondary N) is 1. The first-order chi connectivity index (χ1) is 16.5. The molecule has 3 aromatic rings. The monoisotopic (exact) mass is 491 g/mol. The molecule has 1 aliphatic heterocycles. The van der Waals surface area contributed by atoms with Gasteiger partial charge in [-0.05, 0) is 51.5 Å². The van der Waals surface area contributed by atoms with Gasteiger partial charge in [0.15, 0.2) is 12.3 Å². The van der Waals surface area contributed by atoms with E-state index in [2.05, 4.69) is 30.3 Å². The molecule has 188 valence electrons. The van der Waals surface area contributed by atoms with Crippen LogP contribution in [0.5, 0.6) is 5.88 Å². The summed E-state index contributed by atoms with van der Waals surface area (Å²) in [5.41, 5.74) is 0.339. The van der Waals surface area contributed by atoms with E-state index in [1.54, 1.807) is 20.2 Å². The maximum absolute atomic E-state index is 12.8. The van der Waals surface area contributed by atoms with E-state index >= 15 is 0 Å². The zero-order valence-corrected chi connectivity index (χ0v) is 19.7. The number of aliphatic hydroxyl groups is 1. The molecule has 2 aliphatic rings. The number of halogens is 3. The summed E-state index contributed by atoms with van der Waals surface area (Å²) in [4.78, 5) is 15.4. The van der Waals surface area contributed by atoms with Gasteiger partial charge in [-0.2, -0.15) is 22.7 Å². The van der Waals surface area contributed by atoms with Crippen LogP contribution >= 0.6 is 0 Å². The number of anilines is 2. The van der Waals surface area contributed by atoms with Gasteiger partial charge in [0.25, 0.3) is 0 Å². The highest BCUT2D eigenvalue weighted by atomic mass is 19.4. The van der Waals surface area contributed by atoms with Crippen LogP contribution in [0.4, 0.5) is 24.9 Å². The summed E-state index contributed by atoms with van der Waals surface area (Å²) in [6.07, 6.45) is -0.815. The number of alkyl halides is 3. The van der Waals surface area contributed by atoms with Crippen LogP contribution < -0.4 is 15.0 Å². The third-order valence-electron chi connectivity index (χ3n) is 6.74. The second-order valence-electron chi connectivity index (χ2n) is 9.91. The van der Waals surface area contributed by atoms with Gasteiger partial charge < -0.3 is 20.1 Å². The molecule has 3 aromatic heterocycles. The molecule has 0 spiro atoms. The molecule has 5 rings (SSSR count). The number of aromatic nitrogens is 5. The predicted molar refractivity (Wildman–Crippen MR) is 122 cm³/mol. The Morgan fingerprint density at radius 3 is 2.49 bits per heavy atom. The normalized spacial score (nSPS) is 22.6. The number of aryl methyl sites for hydroxylation is 1. The van der Waals surface area contributed by atoms with Crippen molar-refractivity contribution in [1.29, 1.82) is 0 Å². The van der Waals surface area contributed by atoms with Crippen LogP contribution in [0.3, 0.4) is 0 Å². The molecule has 2 N–H and O–H groups in total. The molecule has 2 bridgehead atoms. The lowest BCUT2D eigenvalue weighted by Crippen LogP contribution is -2.48. The molecule has 9 nitrogen and oxygen atoms in total. The molecule has 2 fully saturated rings. The Kier molecular flexibility index (Phi) is 5.73. The number of hydrogen-bond acceptors (Lipinski definition) is 8. The highest BCUT2D eigenvalue weighted by Crippen LogP contribution is 2.40. The largest absolute Gasteiger partial charge is 0.468 e. The topological polar surface area (TPSA) is 101 Å². The molecule has 0 radical (unpaired) electrons. The van der Waals surface area contributed by atoms with E-state index in [0.29, 0.717) is 23.3 Å². The van der Waals surface area contributed by atoms with Crippen LogP contribution in [-0.2, 0) is 5.60 Å². The number of rotatable bonds is 6. The van der Waals surface area contributed by atoms with E-state index in [1.807, 2.05) is 13.0 Å². The van der Waals surface area contributed by atoms with Crippen molar-refractivity contribution in [3.63, 3.8) is 0 Å². The van der Waals surface area contributed by atoms with E-state index in [-0.39, 0.29) is 17.6 Å². The molecule has 35 heavy (non-hydrogen) atoms. The highest BCUT2D eigenvalue weighted by molar-refractivity contribution is 5.56. The van der Waals surface area contributed by atoms with Crippen LogP contribution in [0.15, 0.2) is 24.5 Å². The van der Waals surface area contributed by atoms with Gasteiger partial charge >= 0.3 is 6.18 Å². The second kappa shape index (κ2) is 8.51. The fourth-order valence-corrected chi connectivity index (χ4v) is 5.15. The third-order valence-corrected chi connectivity index (χ3v) is 6.74. The SMILES string of the molecule is Cc1cc(N2C[C@H]3CC[C@@H](C2)[C@@H]3Nc2nc3c(C(C)(C)O)ccc(OCC(F)(F)F)n3n2)ncn1. The minimum absolute atomic E-state index is 0.0946. The lowest BCUT2D eigenvalue weighted by Gasteiger charge is -2.38. The average Bonchev–Trinajstić information content (AvgIpc) is 3.27. The summed E-state index contributed by atoms with van der Waals surface area (Å²) >= 11 is 0. The van der Waals surface area contributed by atoms with Crippen molar-refractivity contribution < 1.29 is 23.0 Å². The first-order valence-electron chi connectivity index (χ1n) is 11.6. The summed E-state index contributed by atoms with van der Waals surface area (Å²) in [5.74, 6) is 1.80. The lowest BCUT2D eigenvalue weighted by atomic mass is 9.92. The van der Waals surface area contributed by atoms with Gasteiger partial charge in [-0.25, -0.2) is 9.97 Å². The average molecular weight is 492 g/mol. The zero-order valence-electron chi connectivity index (χ0n) is 19.7. The summed E-state index contributed by atoms with van der Waals surface area (Å²) in [6.45, 7) is 5.32. The first-order valence-corrected chi connectivity index (χ1v) is 11.6. The van der Waals surface area contributed by atoms with Crippen molar-refractivity contribution >= 4 is 17.4 Å². The smallest absolute Gasteiger partial charge is 0.422 e. The number of ether oxygens (including phenoxy) is 1. The molecule has 1 saturated heterocycles. The quantitative estimate of drug-likeness (QED) is 0.542. The number of nitrogens with zero attached hydrogens (tertiary/aromatic N) is 6. The van der Waals surface area contributed by atoms with Crippen LogP contribution in [0.1, 0.15) is 37.9 Å². The Morgan fingerprint density at radius 2 is 1.86 bits per heavy atom. The molecule has 0 aromatic carbocycles. The second-order valence-corrected chi connectivity index (χ2v) is 9.91. The zero-order chi connectivity index (χ0) is 25.0. The highest BCUT2D eigenvalue weighted by Gasteiger charge is 2.43. The van der Waals surface area contributed by atoms with Crippen molar-refractivity contribution in [2.75, 3.05) is 29.9 Å². The Bertz CT molecular complexity index is 1210. The minimum Gasteiger partial charge on any atom is -0.468 e. The van der Waals surface area contributed by atoms with Crippen LogP contribution in [0.25, 0.3) is 5.65 Å². The van der Waals surface area contributed by atoms with E-state index in [0.717, 1.165) is 37.4 Å². The first kappa shape index (κ1) is 23.6. The van der Waals surface area contributed by atoms with Crippen LogP contribution in [0.2, 0.25) is 0 Å². The maximum Gasteiger partial charge on any atom is 0.422 e. The Labute approximate surface area is 200 Å². The standard InChI is InChI=1S/C23H28F3N7O2/c1-13-8-17(28-12-27-13)32-9-14-4-5-15(10-32)19(14)29-21-30-20-16(22(2,3)34)6-7-18(33(20)31-21)35-11-23(24,25)26/h6-8,12,14-15,19,34H,4-5,9-11H2,1-3H3,(H,29,31)/t14-,15+,19-. The molecule has 0 amide bonds. The minimum atomic E-state index is -4.49. The Hall–Kier alpha value is -3.15. The van der Waals surface area contributed by atoms with E-state index in [1.165, 1.54) is 16.6 Å².